The number of H-pyrrole nitrogens is 1. The third kappa shape index (κ3) is 4.12. The molecule has 4 aromatic rings. The van der Waals surface area contributed by atoms with E-state index < -0.39 is 0 Å². The molecule has 1 atom stereocenters. The van der Waals surface area contributed by atoms with Gasteiger partial charge in [-0.1, -0.05) is 42.5 Å². The Bertz CT molecular complexity index is 1150. The SMILES string of the molecule is Cc1cc(-c2ccccc2)c([C@H](C)Nc2ncnc(N)c2Cc2cccc(O)c2)[nH]1. The van der Waals surface area contributed by atoms with Gasteiger partial charge in [0.05, 0.1) is 6.04 Å². The predicted molar refractivity (Wildman–Crippen MR) is 120 cm³/mol. The van der Waals surface area contributed by atoms with Crippen LogP contribution in [-0.2, 0) is 6.42 Å². The number of nitrogen functional groups attached to an aromatic ring is 1. The molecule has 0 aliphatic carbocycles. The van der Waals surface area contributed by atoms with E-state index in [9.17, 15) is 5.11 Å². The summed E-state index contributed by atoms with van der Waals surface area (Å²) < 4.78 is 0. The van der Waals surface area contributed by atoms with E-state index in [0.717, 1.165) is 33.6 Å². The summed E-state index contributed by atoms with van der Waals surface area (Å²) in [7, 11) is 0. The number of nitrogens with two attached hydrogens (primary N) is 1. The fourth-order valence-corrected chi connectivity index (χ4v) is 3.68. The Balaban J connectivity index is 1.65. The quantitative estimate of drug-likeness (QED) is 0.372. The van der Waals surface area contributed by atoms with Crippen LogP contribution in [0.4, 0.5) is 11.6 Å². The Kier molecular flexibility index (Phi) is 5.39. The Morgan fingerprint density at radius 1 is 1.07 bits per heavy atom. The summed E-state index contributed by atoms with van der Waals surface area (Å²) in [6.45, 7) is 4.15. The number of hydrogen-bond acceptors (Lipinski definition) is 5. The number of aryl methyl sites for hydroxylation is 1. The molecule has 2 aromatic heterocycles. The Hall–Kier alpha value is -3.80. The van der Waals surface area contributed by atoms with Crippen molar-refractivity contribution in [3.05, 3.63) is 89.5 Å². The van der Waals surface area contributed by atoms with Crippen molar-refractivity contribution < 1.29 is 5.11 Å². The summed E-state index contributed by atoms with van der Waals surface area (Å²) in [5.41, 5.74) is 12.4. The van der Waals surface area contributed by atoms with E-state index in [0.29, 0.717) is 18.1 Å². The van der Waals surface area contributed by atoms with Gasteiger partial charge < -0.3 is 21.1 Å². The highest BCUT2D eigenvalue weighted by atomic mass is 16.3. The van der Waals surface area contributed by atoms with Gasteiger partial charge in [0.15, 0.2) is 0 Å². The highest BCUT2D eigenvalue weighted by Gasteiger charge is 2.18. The summed E-state index contributed by atoms with van der Waals surface area (Å²) >= 11 is 0. The molecule has 6 heteroatoms. The predicted octanol–water partition coefficient (Wildman–Crippen LogP) is 4.83. The van der Waals surface area contributed by atoms with E-state index >= 15 is 0 Å². The Labute approximate surface area is 175 Å². The zero-order valence-corrected chi connectivity index (χ0v) is 17.1. The maximum Gasteiger partial charge on any atom is 0.135 e. The fourth-order valence-electron chi connectivity index (χ4n) is 3.68. The number of anilines is 2. The Morgan fingerprint density at radius 3 is 2.63 bits per heavy atom. The number of hydrogen-bond donors (Lipinski definition) is 4. The van der Waals surface area contributed by atoms with Gasteiger partial charge in [0.2, 0.25) is 0 Å². The van der Waals surface area contributed by atoms with Gasteiger partial charge >= 0.3 is 0 Å². The second-order valence-electron chi connectivity index (χ2n) is 7.44. The molecule has 0 spiro atoms. The van der Waals surface area contributed by atoms with Crippen LogP contribution in [0.2, 0.25) is 0 Å². The van der Waals surface area contributed by atoms with Gasteiger partial charge in [-0.3, -0.25) is 0 Å². The van der Waals surface area contributed by atoms with E-state index in [4.69, 9.17) is 5.73 Å². The molecule has 0 aliphatic heterocycles. The van der Waals surface area contributed by atoms with E-state index in [1.54, 1.807) is 12.1 Å². The van der Waals surface area contributed by atoms with Crippen molar-refractivity contribution in [3.8, 4) is 16.9 Å². The smallest absolute Gasteiger partial charge is 0.135 e. The highest BCUT2D eigenvalue weighted by Crippen LogP contribution is 2.32. The lowest BCUT2D eigenvalue weighted by atomic mass is 10.0. The summed E-state index contributed by atoms with van der Waals surface area (Å²) in [6, 6.07) is 19.6. The first-order valence-electron chi connectivity index (χ1n) is 9.90. The van der Waals surface area contributed by atoms with E-state index in [-0.39, 0.29) is 11.8 Å². The molecule has 2 aromatic carbocycles. The molecule has 4 rings (SSSR count). The maximum absolute atomic E-state index is 9.78. The minimum absolute atomic E-state index is 0.0360. The molecule has 0 unspecified atom stereocenters. The van der Waals surface area contributed by atoms with Crippen molar-refractivity contribution in [3.63, 3.8) is 0 Å². The molecule has 0 fully saturated rings. The van der Waals surface area contributed by atoms with Crippen LogP contribution in [0.1, 0.15) is 35.5 Å². The van der Waals surface area contributed by atoms with Crippen LogP contribution < -0.4 is 11.1 Å². The largest absolute Gasteiger partial charge is 0.508 e. The summed E-state index contributed by atoms with van der Waals surface area (Å²) in [4.78, 5) is 12.1. The number of nitrogens with one attached hydrogen (secondary N) is 2. The van der Waals surface area contributed by atoms with Crippen molar-refractivity contribution in [2.75, 3.05) is 11.1 Å². The average Bonchev–Trinajstić information content (AvgIpc) is 3.13. The zero-order valence-electron chi connectivity index (χ0n) is 17.1. The molecule has 0 radical (unpaired) electrons. The second kappa shape index (κ2) is 8.29. The van der Waals surface area contributed by atoms with E-state index in [1.165, 1.54) is 6.33 Å². The first-order chi connectivity index (χ1) is 14.5. The van der Waals surface area contributed by atoms with E-state index in [1.807, 2.05) is 30.3 Å². The molecule has 0 amide bonds. The summed E-state index contributed by atoms with van der Waals surface area (Å²) in [5, 5.41) is 13.3. The lowest BCUT2D eigenvalue weighted by molar-refractivity contribution is 0.474. The van der Waals surface area contributed by atoms with Crippen molar-refractivity contribution in [1.82, 2.24) is 15.0 Å². The number of aromatic amines is 1. The summed E-state index contributed by atoms with van der Waals surface area (Å²) in [5.74, 6) is 1.33. The number of aromatic hydroxyl groups is 1. The van der Waals surface area contributed by atoms with Crippen LogP contribution in [0, 0.1) is 6.92 Å². The molecular weight excluding hydrogens is 374 g/mol. The van der Waals surface area contributed by atoms with Crippen LogP contribution in [0.15, 0.2) is 67.0 Å². The topological polar surface area (TPSA) is 99.8 Å². The van der Waals surface area contributed by atoms with Gasteiger partial charge in [0.1, 0.15) is 23.7 Å². The van der Waals surface area contributed by atoms with Gasteiger partial charge in [0, 0.05) is 28.9 Å². The zero-order chi connectivity index (χ0) is 21.1. The van der Waals surface area contributed by atoms with Crippen molar-refractivity contribution >= 4 is 11.6 Å². The monoisotopic (exact) mass is 399 g/mol. The number of rotatable bonds is 6. The van der Waals surface area contributed by atoms with Gasteiger partial charge in [-0.15, -0.1) is 0 Å². The third-order valence-corrected chi connectivity index (χ3v) is 5.12. The standard InChI is InChI=1S/C24H25N5O/c1-15-11-20(18-8-4-3-5-9-18)22(28-15)16(2)29-24-21(23(25)26-14-27-24)13-17-7-6-10-19(30)12-17/h3-12,14,16,28,30H,13H2,1-2H3,(H3,25,26,27,29)/t16-/m0/s1. The number of aromatic nitrogens is 3. The highest BCUT2D eigenvalue weighted by molar-refractivity contribution is 5.68. The molecule has 5 N–H and O–H groups in total. The number of phenols is 1. The number of phenolic OH excluding ortho intramolecular Hbond substituents is 1. The van der Waals surface area contributed by atoms with Gasteiger partial charge in [-0.2, -0.15) is 0 Å². The van der Waals surface area contributed by atoms with Crippen LogP contribution in [0.25, 0.3) is 11.1 Å². The minimum atomic E-state index is -0.0360. The van der Waals surface area contributed by atoms with Gasteiger partial charge in [-0.25, -0.2) is 9.97 Å². The molecule has 2 heterocycles. The Morgan fingerprint density at radius 2 is 1.87 bits per heavy atom. The molecule has 0 bridgehead atoms. The van der Waals surface area contributed by atoms with Gasteiger partial charge in [-0.05, 0) is 43.2 Å². The van der Waals surface area contributed by atoms with Crippen LogP contribution >= 0.6 is 0 Å². The molecular formula is C24H25N5O. The molecule has 0 aliphatic rings. The lowest BCUT2D eigenvalue weighted by Crippen LogP contribution is -2.13. The minimum Gasteiger partial charge on any atom is -0.508 e. The van der Waals surface area contributed by atoms with Crippen molar-refractivity contribution in [1.29, 1.82) is 0 Å². The third-order valence-electron chi connectivity index (χ3n) is 5.12. The summed E-state index contributed by atoms with van der Waals surface area (Å²) in [6.07, 6.45) is 1.99. The average molecular weight is 399 g/mol. The fraction of sp³-hybridized carbons (Fsp3) is 0.167. The number of nitrogens with zero attached hydrogens (tertiary/aromatic N) is 2. The van der Waals surface area contributed by atoms with E-state index in [2.05, 4.69) is 52.3 Å². The molecule has 30 heavy (non-hydrogen) atoms. The maximum atomic E-state index is 9.78. The van der Waals surface area contributed by atoms with Gasteiger partial charge in [0.25, 0.3) is 0 Å². The number of benzene rings is 2. The van der Waals surface area contributed by atoms with Crippen LogP contribution in [-0.4, -0.2) is 20.1 Å². The van der Waals surface area contributed by atoms with Crippen molar-refractivity contribution in [2.45, 2.75) is 26.3 Å². The normalized spacial score (nSPS) is 11.9. The van der Waals surface area contributed by atoms with Crippen molar-refractivity contribution in [2.24, 2.45) is 0 Å². The molecule has 152 valence electrons. The van der Waals surface area contributed by atoms with Crippen LogP contribution in [0.5, 0.6) is 5.75 Å². The second-order valence-corrected chi connectivity index (χ2v) is 7.44. The molecule has 0 saturated carbocycles. The molecule has 0 saturated heterocycles. The van der Waals surface area contributed by atoms with Crippen LogP contribution in [0.3, 0.4) is 0 Å². The molecule has 6 nitrogen and oxygen atoms in total. The lowest BCUT2D eigenvalue weighted by Gasteiger charge is -2.19. The first kappa shape index (κ1) is 19.5. The first-order valence-corrected chi connectivity index (χ1v) is 9.90.